The molecule has 2 rings (SSSR count). The molecular formula is C5H3N4S2. The molecule has 0 N–H and O–H groups in total. The van der Waals surface area contributed by atoms with E-state index in [1.807, 2.05) is 6.92 Å². The Morgan fingerprint density at radius 2 is 2.27 bits per heavy atom. The van der Waals surface area contributed by atoms with E-state index in [4.69, 9.17) is 0 Å². The second kappa shape index (κ2) is 2.63. The highest BCUT2D eigenvalue weighted by Crippen LogP contribution is 2.16. The van der Waals surface area contributed by atoms with Crippen LogP contribution in [0.4, 0.5) is 0 Å². The zero-order valence-corrected chi connectivity index (χ0v) is 7.24. The molecule has 0 saturated carbocycles. The van der Waals surface area contributed by atoms with E-state index in [9.17, 15) is 0 Å². The summed E-state index contributed by atoms with van der Waals surface area (Å²) in [6, 6.07) is 0. The van der Waals surface area contributed by atoms with Crippen molar-refractivity contribution in [1.29, 1.82) is 0 Å². The average molecular weight is 183 g/mol. The summed E-state index contributed by atoms with van der Waals surface area (Å²) in [5.41, 5.74) is 2.66. The predicted octanol–water partition coefficient (Wildman–Crippen LogP) is 1.17. The largest absolute Gasteiger partial charge is 0.216 e. The summed E-state index contributed by atoms with van der Waals surface area (Å²) in [5, 5.41) is 0.764. The van der Waals surface area contributed by atoms with E-state index in [0.717, 1.165) is 10.8 Å². The van der Waals surface area contributed by atoms with Crippen molar-refractivity contribution < 1.29 is 0 Å². The monoisotopic (exact) mass is 183 g/mol. The first kappa shape index (κ1) is 6.81. The third-order valence-corrected chi connectivity index (χ3v) is 2.28. The number of rotatable bonds is 1. The van der Waals surface area contributed by atoms with Gasteiger partial charge in [-0.15, -0.1) is 0 Å². The van der Waals surface area contributed by atoms with Gasteiger partial charge >= 0.3 is 0 Å². The van der Waals surface area contributed by atoms with Gasteiger partial charge in [-0.3, -0.25) is 0 Å². The highest BCUT2D eigenvalue weighted by Gasteiger charge is 2.06. The highest BCUT2D eigenvalue weighted by molar-refractivity contribution is 7.09. The lowest BCUT2D eigenvalue weighted by molar-refractivity contribution is 1.15. The molecule has 11 heavy (non-hydrogen) atoms. The van der Waals surface area contributed by atoms with Gasteiger partial charge in [-0.05, 0) is 30.0 Å². The topological polar surface area (TPSA) is 51.6 Å². The first-order valence-electron chi connectivity index (χ1n) is 2.87. The quantitative estimate of drug-likeness (QED) is 0.665. The number of nitrogens with zero attached hydrogens (tertiary/aromatic N) is 4. The fourth-order valence-electron chi connectivity index (χ4n) is 0.622. The van der Waals surface area contributed by atoms with Crippen molar-refractivity contribution in [1.82, 2.24) is 18.7 Å². The Morgan fingerprint density at radius 3 is 2.82 bits per heavy atom. The maximum Gasteiger partial charge on any atom is 0.204 e. The number of hydrogen-bond donors (Lipinski definition) is 0. The van der Waals surface area contributed by atoms with Crippen LogP contribution in [0.1, 0.15) is 5.82 Å². The maximum absolute atomic E-state index is 4.12. The normalized spacial score (nSPS) is 10.3. The van der Waals surface area contributed by atoms with Crippen LogP contribution < -0.4 is 0 Å². The van der Waals surface area contributed by atoms with Gasteiger partial charge in [-0.2, -0.15) is 8.75 Å². The first-order valence-corrected chi connectivity index (χ1v) is 4.41. The lowest BCUT2D eigenvalue weighted by Crippen LogP contribution is -1.78. The molecule has 0 aliphatic carbocycles. The fourth-order valence-corrected chi connectivity index (χ4v) is 1.67. The molecule has 4 nitrogen and oxygen atoms in total. The molecular weight excluding hydrogens is 180 g/mol. The van der Waals surface area contributed by atoms with Gasteiger partial charge in [0.1, 0.15) is 5.82 Å². The summed E-state index contributed by atoms with van der Waals surface area (Å²) in [5.74, 6) is 1.39. The van der Waals surface area contributed by atoms with E-state index in [1.54, 1.807) is 0 Å². The molecule has 0 atom stereocenters. The zero-order valence-electron chi connectivity index (χ0n) is 5.61. The molecule has 55 valence electrons. The van der Waals surface area contributed by atoms with Gasteiger partial charge in [0.05, 0.1) is 0 Å². The van der Waals surface area contributed by atoms with Gasteiger partial charge in [0.25, 0.3) is 0 Å². The smallest absolute Gasteiger partial charge is 0.204 e. The van der Waals surface area contributed by atoms with Crippen molar-refractivity contribution in [3.05, 3.63) is 11.3 Å². The molecule has 0 amide bonds. The molecule has 2 aromatic heterocycles. The molecule has 0 aliphatic rings. The van der Waals surface area contributed by atoms with Crippen molar-refractivity contribution in [2.45, 2.75) is 6.92 Å². The Hall–Kier alpha value is -0.880. The zero-order chi connectivity index (χ0) is 7.68. The predicted molar refractivity (Wildman–Crippen MR) is 42.4 cm³/mol. The summed E-state index contributed by atoms with van der Waals surface area (Å²) in [4.78, 5) is 8.01. The number of aromatic nitrogens is 4. The van der Waals surface area contributed by atoms with Crippen LogP contribution in [0.15, 0.2) is 0 Å². The van der Waals surface area contributed by atoms with Gasteiger partial charge in [-0.25, -0.2) is 9.97 Å². The number of aryl methyl sites for hydroxylation is 1. The summed E-state index contributed by atoms with van der Waals surface area (Å²) in [6.45, 7) is 1.84. The van der Waals surface area contributed by atoms with Crippen LogP contribution in [-0.2, 0) is 0 Å². The molecule has 0 spiro atoms. The second-order valence-corrected chi connectivity index (χ2v) is 3.16. The van der Waals surface area contributed by atoms with E-state index >= 15 is 0 Å². The highest BCUT2D eigenvalue weighted by atomic mass is 32.1. The van der Waals surface area contributed by atoms with E-state index < -0.39 is 0 Å². The van der Waals surface area contributed by atoms with Crippen LogP contribution in [0.3, 0.4) is 0 Å². The molecule has 6 heteroatoms. The minimum atomic E-state index is 0.626. The Morgan fingerprint density at radius 1 is 1.36 bits per heavy atom. The second-order valence-electron chi connectivity index (χ2n) is 1.86. The van der Waals surface area contributed by atoms with Crippen LogP contribution in [0.5, 0.6) is 0 Å². The Bertz CT molecular complexity index is 339. The molecule has 0 fully saturated rings. The Balaban J connectivity index is 2.45. The Labute approximate surface area is 71.3 Å². The van der Waals surface area contributed by atoms with Gasteiger partial charge in [-0.1, -0.05) is 0 Å². The van der Waals surface area contributed by atoms with Crippen LogP contribution in [-0.4, -0.2) is 18.7 Å². The SMILES string of the molecule is Cc1nsc(-c2n[c]sn2)n1. The molecule has 0 unspecified atom stereocenters. The maximum atomic E-state index is 4.12. The van der Waals surface area contributed by atoms with E-state index in [0.29, 0.717) is 5.82 Å². The summed E-state index contributed by atoms with van der Waals surface area (Å²) in [7, 11) is 0. The molecule has 0 bridgehead atoms. The van der Waals surface area contributed by atoms with Crippen molar-refractivity contribution in [2.75, 3.05) is 0 Å². The minimum Gasteiger partial charge on any atom is -0.216 e. The summed E-state index contributed by atoms with van der Waals surface area (Å²) in [6.07, 6.45) is 0. The molecule has 0 saturated heterocycles. The van der Waals surface area contributed by atoms with E-state index in [1.165, 1.54) is 23.1 Å². The molecule has 2 heterocycles. The third-order valence-electron chi connectivity index (χ3n) is 1.04. The van der Waals surface area contributed by atoms with Gasteiger partial charge in [0.2, 0.25) is 5.82 Å². The average Bonchev–Trinajstić information content (AvgIpc) is 2.55. The van der Waals surface area contributed by atoms with Crippen molar-refractivity contribution >= 4 is 23.1 Å². The van der Waals surface area contributed by atoms with Crippen molar-refractivity contribution in [2.24, 2.45) is 0 Å². The lowest BCUT2D eigenvalue weighted by Gasteiger charge is -1.79. The Kier molecular flexibility index (Phi) is 1.63. The van der Waals surface area contributed by atoms with E-state index in [2.05, 4.69) is 24.2 Å². The standard InChI is InChI=1S/C5H3N4S2/c1-3-7-5(11-8-3)4-6-2-10-9-4/h1H3. The summed E-state index contributed by atoms with van der Waals surface area (Å²) >= 11 is 2.50. The van der Waals surface area contributed by atoms with Gasteiger partial charge in [0.15, 0.2) is 10.5 Å². The van der Waals surface area contributed by atoms with Gasteiger partial charge < -0.3 is 0 Å². The van der Waals surface area contributed by atoms with Gasteiger partial charge in [0, 0.05) is 0 Å². The van der Waals surface area contributed by atoms with Crippen molar-refractivity contribution in [3.63, 3.8) is 0 Å². The number of hydrogen-bond acceptors (Lipinski definition) is 6. The molecule has 0 aliphatic heterocycles. The lowest BCUT2D eigenvalue weighted by atomic mass is 10.6. The van der Waals surface area contributed by atoms with Crippen LogP contribution in [0, 0.1) is 12.4 Å². The van der Waals surface area contributed by atoms with Crippen LogP contribution >= 0.6 is 23.1 Å². The first-order chi connectivity index (χ1) is 5.36. The molecule has 2 aromatic rings. The summed E-state index contributed by atoms with van der Waals surface area (Å²) < 4.78 is 8.00. The molecule has 1 radical (unpaired) electrons. The fraction of sp³-hybridized carbons (Fsp3) is 0.200. The van der Waals surface area contributed by atoms with E-state index in [-0.39, 0.29) is 0 Å². The van der Waals surface area contributed by atoms with Crippen LogP contribution in [0.2, 0.25) is 0 Å². The minimum absolute atomic E-state index is 0.626. The third kappa shape index (κ3) is 1.26. The van der Waals surface area contributed by atoms with Crippen LogP contribution in [0.25, 0.3) is 10.8 Å². The van der Waals surface area contributed by atoms with Crippen molar-refractivity contribution in [3.8, 4) is 10.8 Å². The molecule has 0 aromatic carbocycles.